The molecule has 166 valence electrons. The monoisotopic (exact) mass is 440 g/mol. The van der Waals surface area contributed by atoms with Crippen LogP contribution in [0.3, 0.4) is 0 Å². The van der Waals surface area contributed by atoms with Crippen molar-refractivity contribution in [3.05, 3.63) is 29.6 Å². The zero-order chi connectivity index (χ0) is 21.6. The summed E-state index contributed by atoms with van der Waals surface area (Å²) in [5.74, 6) is -1.73. The van der Waals surface area contributed by atoms with Gasteiger partial charge in [-0.2, -0.15) is 4.31 Å². The summed E-state index contributed by atoms with van der Waals surface area (Å²) in [6.07, 6.45) is 8.12. The molecule has 0 bridgehead atoms. The van der Waals surface area contributed by atoms with E-state index >= 15 is 0 Å². The van der Waals surface area contributed by atoms with Crippen LogP contribution in [0, 0.1) is 11.7 Å². The summed E-state index contributed by atoms with van der Waals surface area (Å²) in [5, 5.41) is 2.77. The van der Waals surface area contributed by atoms with Gasteiger partial charge in [0.05, 0.1) is 5.56 Å². The van der Waals surface area contributed by atoms with Gasteiger partial charge in [-0.05, 0) is 49.8 Å². The van der Waals surface area contributed by atoms with Gasteiger partial charge in [-0.3, -0.25) is 4.79 Å². The van der Waals surface area contributed by atoms with Crippen molar-refractivity contribution in [1.29, 1.82) is 0 Å². The van der Waals surface area contributed by atoms with E-state index in [0.29, 0.717) is 25.6 Å². The van der Waals surface area contributed by atoms with Gasteiger partial charge in [0, 0.05) is 19.6 Å². The fourth-order valence-electron chi connectivity index (χ4n) is 3.99. The maximum absolute atomic E-state index is 14.3. The lowest BCUT2D eigenvalue weighted by Crippen LogP contribution is -2.36. The Bertz CT molecular complexity index is 862. The standard InChI is InChI=1S/C21H29FN2O5S/c22-18-10-9-17(13-19(18)30(27,28)24-11-5-2-6-12-24)21(26)29-15-20(25)23-14-16-7-3-1-4-8-16/h9-10,13,16H,1-8,11-12,14-15H2,(H,23,25). The summed E-state index contributed by atoms with van der Waals surface area (Å²) >= 11 is 0. The zero-order valence-corrected chi connectivity index (χ0v) is 17.9. The van der Waals surface area contributed by atoms with Crippen molar-refractivity contribution in [1.82, 2.24) is 9.62 Å². The van der Waals surface area contributed by atoms with Gasteiger partial charge < -0.3 is 10.1 Å². The van der Waals surface area contributed by atoms with E-state index in [2.05, 4.69) is 5.32 Å². The largest absolute Gasteiger partial charge is 0.452 e. The molecule has 1 aromatic rings. The van der Waals surface area contributed by atoms with E-state index < -0.39 is 39.2 Å². The number of nitrogens with zero attached hydrogens (tertiary/aromatic N) is 1. The Balaban J connectivity index is 1.58. The first-order valence-electron chi connectivity index (χ1n) is 10.6. The van der Waals surface area contributed by atoms with E-state index in [-0.39, 0.29) is 5.56 Å². The Kier molecular flexibility index (Phi) is 7.82. The van der Waals surface area contributed by atoms with Gasteiger partial charge in [0.15, 0.2) is 6.61 Å². The molecule has 1 heterocycles. The molecule has 0 atom stereocenters. The quantitative estimate of drug-likeness (QED) is 0.658. The molecule has 1 aliphatic carbocycles. The highest BCUT2D eigenvalue weighted by Crippen LogP contribution is 2.24. The molecule has 9 heteroatoms. The molecule has 1 N–H and O–H groups in total. The van der Waals surface area contributed by atoms with Crippen LogP contribution in [0.25, 0.3) is 0 Å². The number of hydrogen-bond acceptors (Lipinski definition) is 5. The van der Waals surface area contributed by atoms with E-state index in [4.69, 9.17) is 4.74 Å². The third-order valence-corrected chi connectivity index (χ3v) is 7.66. The molecule has 1 aliphatic heterocycles. The molecule has 30 heavy (non-hydrogen) atoms. The first-order valence-corrected chi connectivity index (χ1v) is 12.1. The average molecular weight is 441 g/mol. The number of sulfonamides is 1. The number of nitrogens with one attached hydrogen (secondary N) is 1. The molecular weight excluding hydrogens is 411 g/mol. The van der Waals surface area contributed by atoms with Gasteiger partial charge in [-0.1, -0.05) is 25.7 Å². The van der Waals surface area contributed by atoms with Crippen LogP contribution >= 0.6 is 0 Å². The third-order valence-electron chi connectivity index (χ3n) is 5.75. The number of benzene rings is 1. The number of halogens is 1. The lowest BCUT2D eigenvalue weighted by Gasteiger charge is -2.26. The number of ether oxygens (including phenoxy) is 1. The van der Waals surface area contributed by atoms with Gasteiger partial charge >= 0.3 is 5.97 Å². The van der Waals surface area contributed by atoms with E-state index in [9.17, 15) is 22.4 Å². The van der Waals surface area contributed by atoms with Crippen LogP contribution in [0.2, 0.25) is 0 Å². The van der Waals surface area contributed by atoms with Crippen LogP contribution in [-0.4, -0.2) is 50.8 Å². The molecule has 2 aliphatic rings. The highest BCUT2D eigenvalue weighted by Gasteiger charge is 2.29. The first kappa shape index (κ1) is 22.7. The fraction of sp³-hybridized carbons (Fsp3) is 0.619. The molecule has 7 nitrogen and oxygen atoms in total. The van der Waals surface area contributed by atoms with E-state index in [1.54, 1.807) is 0 Å². The minimum Gasteiger partial charge on any atom is -0.452 e. The Morgan fingerprint density at radius 3 is 2.43 bits per heavy atom. The minimum atomic E-state index is -4.03. The Morgan fingerprint density at radius 1 is 1.07 bits per heavy atom. The third kappa shape index (κ3) is 5.78. The zero-order valence-electron chi connectivity index (χ0n) is 17.1. The summed E-state index contributed by atoms with van der Waals surface area (Å²) in [6.45, 7) is 0.761. The van der Waals surface area contributed by atoms with Crippen molar-refractivity contribution in [3.8, 4) is 0 Å². The number of hydrogen-bond donors (Lipinski definition) is 1. The first-order chi connectivity index (χ1) is 14.4. The fourth-order valence-corrected chi connectivity index (χ4v) is 5.59. The maximum Gasteiger partial charge on any atom is 0.338 e. The second-order valence-corrected chi connectivity index (χ2v) is 9.90. The second kappa shape index (κ2) is 10.3. The van der Waals surface area contributed by atoms with Crippen molar-refractivity contribution in [2.45, 2.75) is 56.3 Å². The van der Waals surface area contributed by atoms with Gasteiger partial charge in [0.1, 0.15) is 10.7 Å². The van der Waals surface area contributed by atoms with E-state index in [1.165, 1.54) is 23.6 Å². The normalized spacial score (nSPS) is 18.7. The van der Waals surface area contributed by atoms with Crippen LogP contribution in [-0.2, 0) is 19.6 Å². The average Bonchev–Trinajstić information content (AvgIpc) is 2.77. The van der Waals surface area contributed by atoms with Gasteiger partial charge in [-0.25, -0.2) is 17.6 Å². The molecular formula is C21H29FN2O5S. The molecule has 0 aromatic heterocycles. The van der Waals surface area contributed by atoms with Crippen LogP contribution in [0.15, 0.2) is 23.1 Å². The second-order valence-electron chi connectivity index (χ2n) is 7.99. The summed E-state index contributed by atoms with van der Waals surface area (Å²) in [5.41, 5.74) is -0.105. The Morgan fingerprint density at radius 2 is 1.73 bits per heavy atom. The van der Waals surface area contributed by atoms with Crippen LogP contribution in [0.1, 0.15) is 61.7 Å². The molecule has 1 aromatic carbocycles. The van der Waals surface area contributed by atoms with Crippen LogP contribution in [0.5, 0.6) is 0 Å². The smallest absolute Gasteiger partial charge is 0.338 e. The van der Waals surface area contributed by atoms with Gasteiger partial charge in [-0.15, -0.1) is 0 Å². The van der Waals surface area contributed by atoms with Crippen molar-refractivity contribution in [3.63, 3.8) is 0 Å². The number of rotatable bonds is 7. The lowest BCUT2D eigenvalue weighted by atomic mass is 9.89. The topological polar surface area (TPSA) is 92.8 Å². The Hall–Kier alpha value is -2.00. The predicted octanol–water partition coefficient (Wildman–Crippen LogP) is 2.85. The number of esters is 1. The van der Waals surface area contributed by atoms with Gasteiger partial charge in [0.2, 0.25) is 10.0 Å². The Labute approximate surface area is 177 Å². The van der Waals surface area contributed by atoms with Crippen LogP contribution < -0.4 is 5.32 Å². The molecule has 2 fully saturated rings. The molecule has 1 saturated heterocycles. The van der Waals surface area contributed by atoms with Crippen molar-refractivity contribution < 1.29 is 27.1 Å². The number of piperidine rings is 1. The molecule has 1 amide bonds. The van der Waals surface area contributed by atoms with Crippen molar-refractivity contribution in [2.75, 3.05) is 26.2 Å². The molecule has 0 unspecified atom stereocenters. The van der Waals surface area contributed by atoms with Crippen molar-refractivity contribution >= 4 is 21.9 Å². The van der Waals surface area contributed by atoms with E-state index in [1.807, 2.05) is 0 Å². The minimum absolute atomic E-state index is 0.105. The van der Waals surface area contributed by atoms with Crippen molar-refractivity contribution in [2.24, 2.45) is 5.92 Å². The number of carbonyl (C=O) groups is 2. The summed E-state index contributed by atoms with van der Waals surface area (Å²) in [4.78, 5) is 23.7. The highest BCUT2D eigenvalue weighted by molar-refractivity contribution is 7.89. The predicted molar refractivity (Wildman–Crippen MR) is 109 cm³/mol. The summed E-state index contributed by atoms with van der Waals surface area (Å²) in [7, 11) is -4.03. The summed E-state index contributed by atoms with van der Waals surface area (Å²) < 4.78 is 46.0. The van der Waals surface area contributed by atoms with Gasteiger partial charge in [0.25, 0.3) is 5.91 Å². The lowest BCUT2D eigenvalue weighted by molar-refractivity contribution is -0.124. The molecule has 0 radical (unpaired) electrons. The highest BCUT2D eigenvalue weighted by atomic mass is 32.2. The molecule has 0 spiro atoms. The number of carbonyl (C=O) groups excluding carboxylic acids is 2. The SMILES string of the molecule is O=C(COC(=O)c1ccc(F)c(S(=O)(=O)N2CCCCC2)c1)NCC1CCCCC1. The van der Waals surface area contributed by atoms with E-state index in [0.717, 1.165) is 50.3 Å². The summed E-state index contributed by atoms with van der Waals surface area (Å²) in [6, 6.07) is 3.09. The molecule has 1 saturated carbocycles. The maximum atomic E-state index is 14.3. The van der Waals surface area contributed by atoms with Crippen LogP contribution in [0.4, 0.5) is 4.39 Å². The number of amides is 1. The molecule has 3 rings (SSSR count).